The lowest BCUT2D eigenvalue weighted by molar-refractivity contribution is -0.143. The van der Waals surface area contributed by atoms with Crippen LogP contribution in [0.4, 0.5) is 0 Å². The summed E-state index contributed by atoms with van der Waals surface area (Å²) in [6.45, 7) is 4.46. The first-order valence-electron chi connectivity index (χ1n) is 12.8. The summed E-state index contributed by atoms with van der Waals surface area (Å²) in [4.78, 5) is 28.8. The fourth-order valence-corrected chi connectivity index (χ4v) is 4.27. The molecule has 0 aliphatic heterocycles. The summed E-state index contributed by atoms with van der Waals surface area (Å²) >= 11 is 0. The van der Waals surface area contributed by atoms with Crippen molar-refractivity contribution in [3.05, 3.63) is 89.5 Å². The maximum absolute atomic E-state index is 13.7. The second kappa shape index (κ2) is 14.1. The van der Waals surface area contributed by atoms with Crippen molar-refractivity contribution in [2.45, 2.75) is 39.3 Å². The van der Waals surface area contributed by atoms with Crippen LogP contribution in [-0.4, -0.2) is 50.6 Å². The number of methoxy groups -OCH3 is 3. The minimum atomic E-state index is -0.667. The smallest absolute Gasteiger partial charge is 0.243 e. The summed E-state index contributed by atoms with van der Waals surface area (Å²) in [5.41, 5.74) is 2.93. The van der Waals surface area contributed by atoms with E-state index in [0.717, 1.165) is 22.4 Å². The van der Waals surface area contributed by atoms with Crippen molar-refractivity contribution in [3.63, 3.8) is 0 Å². The number of rotatable bonds is 13. The van der Waals surface area contributed by atoms with Crippen molar-refractivity contribution in [2.75, 3.05) is 27.9 Å². The molecular weight excluding hydrogens is 480 g/mol. The van der Waals surface area contributed by atoms with Crippen LogP contribution in [0, 0.1) is 5.92 Å². The van der Waals surface area contributed by atoms with Crippen molar-refractivity contribution < 1.29 is 23.8 Å². The standard InChI is InChI=1S/C31H38N2O5/c1-22(2)31(35)33(21-25-11-14-26(36-3)15-12-25)27(19-23-9-7-6-8-10-23)30(34)32-18-17-24-13-16-28(37-4)29(20-24)38-5/h6-16,20,22,27H,17-19,21H2,1-5H3,(H,32,34)/t27-/m1/s1. The second-order valence-electron chi connectivity index (χ2n) is 9.40. The normalized spacial score (nSPS) is 11.5. The van der Waals surface area contributed by atoms with Gasteiger partial charge in [-0.15, -0.1) is 0 Å². The Kier molecular flexibility index (Phi) is 10.6. The van der Waals surface area contributed by atoms with E-state index >= 15 is 0 Å². The molecule has 7 heteroatoms. The summed E-state index contributed by atoms with van der Waals surface area (Å²) in [7, 11) is 4.81. The number of hydrogen-bond acceptors (Lipinski definition) is 5. The number of nitrogens with zero attached hydrogens (tertiary/aromatic N) is 1. The molecular formula is C31H38N2O5. The fraction of sp³-hybridized carbons (Fsp3) is 0.355. The van der Waals surface area contributed by atoms with Crippen LogP contribution >= 0.6 is 0 Å². The monoisotopic (exact) mass is 518 g/mol. The third-order valence-corrected chi connectivity index (χ3v) is 6.40. The van der Waals surface area contributed by atoms with E-state index in [-0.39, 0.29) is 17.7 Å². The molecule has 0 spiro atoms. The Balaban J connectivity index is 1.82. The molecule has 0 fully saturated rings. The van der Waals surface area contributed by atoms with Crippen molar-refractivity contribution in [2.24, 2.45) is 5.92 Å². The summed E-state index contributed by atoms with van der Waals surface area (Å²) in [6.07, 6.45) is 1.03. The van der Waals surface area contributed by atoms with Gasteiger partial charge in [-0.25, -0.2) is 0 Å². The van der Waals surface area contributed by atoms with Crippen LogP contribution in [0.5, 0.6) is 17.2 Å². The van der Waals surface area contributed by atoms with Crippen molar-refractivity contribution >= 4 is 11.8 Å². The van der Waals surface area contributed by atoms with Gasteiger partial charge in [-0.2, -0.15) is 0 Å². The van der Waals surface area contributed by atoms with Gasteiger partial charge in [0, 0.05) is 25.4 Å². The van der Waals surface area contributed by atoms with Gasteiger partial charge >= 0.3 is 0 Å². The Morgan fingerprint density at radius 1 is 0.789 bits per heavy atom. The van der Waals surface area contributed by atoms with Crippen molar-refractivity contribution in [3.8, 4) is 17.2 Å². The lowest BCUT2D eigenvalue weighted by Gasteiger charge is -2.33. The maximum atomic E-state index is 13.7. The third-order valence-electron chi connectivity index (χ3n) is 6.40. The quantitative estimate of drug-likeness (QED) is 0.356. The predicted molar refractivity (Wildman–Crippen MR) is 149 cm³/mol. The molecule has 0 saturated carbocycles. The van der Waals surface area contributed by atoms with Crippen LogP contribution in [0.3, 0.4) is 0 Å². The van der Waals surface area contributed by atoms with E-state index in [2.05, 4.69) is 5.32 Å². The Labute approximate surface area is 225 Å². The minimum Gasteiger partial charge on any atom is -0.497 e. The van der Waals surface area contributed by atoms with E-state index in [9.17, 15) is 9.59 Å². The van der Waals surface area contributed by atoms with Crippen molar-refractivity contribution in [1.82, 2.24) is 10.2 Å². The molecule has 0 saturated heterocycles. The maximum Gasteiger partial charge on any atom is 0.243 e. The zero-order valence-corrected chi connectivity index (χ0v) is 22.9. The molecule has 0 aromatic heterocycles. The highest BCUT2D eigenvalue weighted by Gasteiger charge is 2.31. The molecule has 7 nitrogen and oxygen atoms in total. The molecule has 0 bridgehead atoms. The van der Waals surface area contributed by atoms with Gasteiger partial charge in [-0.05, 0) is 47.4 Å². The van der Waals surface area contributed by atoms with E-state index in [1.165, 1.54) is 0 Å². The van der Waals surface area contributed by atoms with Crippen LogP contribution in [0.2, 0.25) is 0 Å². The molecule has 0 aliphatic carbocycles. The van der Waals surface area contributed by atoms with Gasteiger partial charge in [0.2, 0.25) is 11.8 Å². The molecule has 1 atom stereocenters. The highest BCUT2D eigenvalue weighted by atomic mass is 16.5. The molecule has 0 radical (unpaired) electrons. The van der Waals surface area contributed by atoms with E-state index in [0.29, 0.717) is 37.4 Å². The van der Waals surface area contributed by atoms with Gasteiger partial charge in [-0.1, -0.05) is 62.4 Å². The van der Waals surface area contributed by atoms with Gasteiger partial charge in [0.05, 0.1) is 21.3 Å². The highest BCUT2D eigenvalue weighted by Crippen LogP contribution is 2.27. The molecule has 202 valence electrons. The molecule has 0 aliphatic rings. The highest BCUT2D eigenvalue weighted by molar-refractivity contribution is 5.88. The molecule has 0 unspecified atom stereocenters. The Morgan fingerprint density at radius 3 is 2.05 bits per heavy atom. The lowest BCUT2D eigenvalue weighted by atomic mass is 10.0. The van der Waals surface area contributed by atoms with Crippen LogP contribution < -0.4 is 19.5 Å². The first kappa shape index (κ1) is 28.6. The number of carbonyl (C=O) groups is 2. The predicted octanol–water partition coefficient (Wildman–Crippen LogP) is 4.67. The molecule has 0 heterocycles. The van der Waals surface area contributed by atoms with Gasteiger partial charge in [-0.3, -0.25) is 9.59 Å². The van der Waals surface area contributed by atoms with E-state index < -0.39 is 6.04 Å². The summed E-state index contributed by atoms with van der Waals surface area (Å²) in [6, 6.07) is 22.4. The zero-order chi connectivity index (χ0) is 27.5. The number of benzene rings is 3. The molecule has 3 rings (SSSR count). The Bertz CT molecular complexity index is 1180. The average Bonchev–Trinajstić information content (AvgIpc) is 2.95. The molecule has 38 heavy (non-hydrogen) atoms. The largest absolute Gasteiger partial charge is 0.497 e. The topological polar surface area (TPSA) is 77.1 Å². The summed E-state index contributed by atoms with van der Waals surface area (Å²) in [5, 5.41) is 3.07. The van der Waals surface area contributed by atoms with Gasteiger partial charge in [0.1, 0.15) is 11.8 Å². The first-order chi connectivity index (χ1) is 18.4. The molecule has 3 aromatic rings. The van der Waals surface area contributed by atoms with Crippen LogP contribution in [0.25, 0.3) is 0 Å². The Hall–Kier alpha value is -4.00. The Morgan fingerprint density at radius 2 is 1.45 bits per heavy atom. The minimum absolute atomic E-state index is 0.0724. The third kappa shape index (κ3) is 7.75. The van der Waals surface area contributed by atoms with E-state index in [4.69, 9.17) is 14.2 Å². The first-order valence-corrected chi connectivity index (χ1v) is 12.8. The van der Waals surface area contributed by atoms with Gasteiger partial charge in [0.15, 0.2) is 11.5 Å². The van der Waals surface area contributed by atoms with Crippen molar-refractivity contribution in [1.29, 1.82) is 0 Å². The molecule has 3 aromatic carbocycles. The molecule has 2 amide bonds. The number of hydrogen-bond donors (Lipinski definition) is 1. The van der Waals surface area contributed by atoms with Crippen LogP contribution in [0.15, 0.2) is 72.8 Å². The van der Waals surface area contributed by atoms with Crippen LogP contribution in [0.1, 0.15) is 30.5 Å². The SMILES string of the molecule is COc1ccc(CN(C(=O)C(C)C)[C@H](Cc2ccccc2)C(=O)NCCc2ccc(OC)c(OC)c2)cc1. The zero-order valence-electron chi connectivity index (χ0n) is 22.9. The average molecular weight is 519 g/mol. The van der Waals surface area contributed by atoms with Crippen LogP contribution in [-0.2, 0) is 29.0 Å². The number of nitrogens with one attached hydrogen (secondary N) is 1. The number of carbonyl (C=O) groups excluding carboxylic acids is 2. The van der Waals surface area contributed by atoms with E-state index in [1.54, 1.807) is 26.2 Å². The number of amides is 2. The van der Waals surface area contributed by atoms with Gasteiger partial charge in [0.25, 0.3) is 0 Å². The summed E-state index contributed by atoms with van der Waals surface area (Å²) < 4.78 is 16.0. The summed E-state index contributed by atoms with van der Waals surface area (Å²) in [5.74, 6) is 1.53. The second-order valence-corrected chi connectivity index (χ2v) is 9.40. The number of ether oxygens (including phenoxy) is 3. The molecule has 1 N–H and O–H groups in total. The fourth-order valence-electron chi connectivity index (χ4n) is 4.27. The van der Waals surface area contributed by atoms with Gasteiger partial charge < -0.3 is 24.4 Å². The lowest BCUT2D eigenvalue weighted by Crippen LogP contribution is -2.51. The van der Waals surface area contributed by atoms with E-state index in [1.807, 2.05) is 86.6 Å².